The maximum atomic E-state index is 11.7. The summed E-state index contributed by atoms with van der Waals surface area (Å²) in [5.74, 6) is 1.57. The van der Waals surface area contributed by atoms with Crippen molar-refractivity contribution in [3.8, 4) is 17.1 Å². The lowest BCUT2D eigenvalue weighted by atomic mass is 10.2. The lowest BCUT2D eigenvalue weighted by Crippen LogP contribution is -2.35. The fourth-order valence-electron chi connectivity index (χ4n) is 2.09. The zero-order valence-electron chi connectivity index (χ0n) is 13.1. The van der Waals surface area contributed by atoms with Crippen molar-refractivity contribution < 1.29 is 14.1 Å². The molecule has 0 unspecified atom stereocenters. The van der Waals surface area contributed by atoms with Crippen molar-refractivity contribution in [1.82, 2.24) is 15.5 Å². The Morgan fingerprint density at radius 1 is 1.36 bits per heavy atom. The molecule has 118 valence electrons. The highest BCUT2D eigenvalue weighted by Crippen LogP contribution is 2.19. The number of aromatic nitrogens is 2. The fourth-order valence-corrected chi connectivity index (χ4v) is 2.09. The highest BCUT2D eigenvalue weighted by Gasteiger charge is 2.08. The number of hydrogen-bond donors (Lipinski definition) is 1. The number of ether oxygens (including phenoxy) is 1. The molecule has 0 saturated carbocycles. The molecule has 0 saturated heterocycles. The van der Waals surface area contributed by atoms with E-state index < -0.39 is 0 Å². The van der Waals surface area contributed by atoms with Crippen LogP contribution in [0.2, 0.25) is 0 Å². The van der Waals surface area contributed by atoms with Gasteiger partial charge < -0.3 is 14.6 Å². The van der Waals surface area contributed by atoms with Gasteiger partial charge in [0, 0.05) is 18.5 Å². The number of nitrogens with one attached hydrogen (secondary N) is 1. The van der Waals surface area contributed by atoms with Crippen molar-refractivity contribution in [2.75, 3.05) is 6.61 Å². The number of carbonyl (C=O) groups excluding carboxylic acids is 1. The van der Waals surface area contributed by atoms with Gasteiger partial charge in [0.15, 0.2) is 6.61 Å². The molecule has 0 radical (unpaired) electrons. The minimum absolute atomic E-state index is 0.00865. The van der Waals surface area contributed by atoms with Gasteiger partial charge in [-0.05, 0) is 37.6 Å². The normalized spacial score (nSPS) is 12.0. The minimum Gasteiger partial charge on any atom is -0.484 e. The first kappa shape index (κ1) is 16.0. The summed E-state index contributed by atoms with van der Waals surface area (Å²) in [5.41, 5.74) is 0.838. The summed E-state index contributed by atoms with van der Waals surface area (Å²) in [7, 11) is 0. The van der Waals surface area contributed by atoms with Crippen LogP contribution in [-0.2, 0) is 4.79 Å². The van der Waals surface area contributed by atoms with E-state index in [1.807, 2.05) is 19.1 Å². The summed E-state index contributed by atoms with van der Waals surface area (Å²) < 4.78 is 10.4. The third kappa shape index (κ3) is 4.58. The third-order valence-corrected chi connectivity index (χ3v) is 3.14. The molecular weight excluding hydrogens is 282 g/mol. The van der Waals surface area contributed by atoms with Gasteiger partial charge in [0.1, 0.15) is 5.75 Å². The van der Waals surface area contributed by atoms with E-state index >= 15 is 0 Å². The van der Waals surface area contributed by atoms with E-state index in [-0.39, 0.29) is 18.6 Å². The SMILES string of the molecule is CCC[C@@H](C)NC(=O)COc1ccc(-c2noc(C)n2)cc1. The van der Waals surface area contributed by atoms with Gasteiger partial charge in [0.05, 0.1) is 0 Å². The smallest absolute Gasteiger partial charge is 0.258 e. The zero-order chi connectivity index (χ0) is 15.9. The molecule has 1 aromatic carbocycles. The van der Waals surface area contributed by atoms with Crippen molar-refractivity contribution in [3.05, 3.63) is 30.2 Å². The molecule has 1 N–H and O–H groups in total. The molecule has 0 aliphatic carbocycles. The van der Waals surface area contributed by atoms with E-state index in [4.69, 9.17) is 9.26 Å². The lowest BCUT2D eigenvalue weighted by Gasteiger charge is -2.13. The van der Waals surface area contributed by atoms with E-state index in [0.29, 0.717) is 17.5 Å². The van der Waals surface area contributed by atoms with Gasteiger partial charge >= 0.3 is 0 Å². The largest absolute Gasteiger partial charge is 0.484 e. The van der Waals surface area contributed by atoms with E-state index in [1.54, 1.807) is 19.1 Å². The second-order valence-electron chi connectivity index (χ2n) is 5.21. The predicted molar refractivity (Wildman–Crippen MR) is 82.5 cm³/mol. The molecule has 0 fully saturated rings. The van der Waals surface area contributed by atoms with Crippen molar-refractivity contribution >= 4 is 5.91 Å². The van der Waals surface area contributed by atoms with Crippen LogP contribution >= 0.6 is 0 Å². The number of amides is 1. The molecule has 1 heterocycles. The summed E-state index contributed by atoms with van der Waals surface area (Å²) in [6.07, 6.45) is 2.00. The highest BCUT2D eigenvalue weighted by atomic mass is 16.5. The Hall–Kier alpha value is -2.37. The molecule has 1 atom stereocenters. The predicted octanol–water partition coefficient (Wildman–Crippen LogP) is 2.73. The van der Waals surface area contributed by atoms with E-state index in [0.717, 1.165) is 18.4 Å². The first-order chi connectivity index (χ1) is 10.6. The van der Waals surface area contributed by atoms with Gasteiger partial charge in [-0.25, -0.2) is 0 Å². The lowest BCUT2D eigenvalue weighted by molar-refractivity contribution is -0.123. The average molecular weight is 303 g/mol. The summed E-state index contributed by atoms with van der Waals surface area (Å²) in [6, 6.07) is 7.40. The number of rotatable bonds is 7. The van der Waals surface area contributed by atoms with Crippen molar-refractivity contribution in [3.63, 3.8) is 0 Å². The van der Waals surface area contributed by atoms with Crippen LogP contribution in [-0.4, -0.2) is 28.7 Å². The van der Waals surface area contributed by atoms with Crippen LogP contribution in [0.3, 0.4) is 0 Å². The quantitative estimate of drug-likeness (QED) is 0.851. The Kier molecular flexibility index (Phi) is 5.52. The highest BCUT2D eigenvalue weighted by molar-refractivity contribution is 5.77. The van der Waals surface area contributed by atoms with Crippen LogP contribution in [0.1, 0.15) is 32.6 Å². The van der Waals surface area contributed by atoms with Crippen LogP contribution in [0.5, 0.6) is 5.75 Å². The Morgan fingerprint density at radius 3 is 2.68 bits per heavy atom. The Morgan fingerprint density at radius 2 is 2.09 bits per heavy atom. The van der Waals surface area contributed by atoms with Crippen molar-refractivity contribution in [1.29, 1.82) is 0 Å². The monoisotopic (exact) mass is 303 g/mol. The number of carbonyl (C=O) groups is 1. The number of hydrogen-bond acceptors (Lipinski definition) is 5. The van der Waals surface area contributed by atoms with Gasteiger partial charge in [-0.3, -0.25) is 4.79 Å². The minimum atomic E-state index is -0.112. The second kappa shape index (κ2) is 7.59. The first-order valence-corrected chi connectivity index (χ1v) is 7.41. The number of benzene rings is 1. The van der Waals surface area contributed by atoms with Gasteiger partial charge in [-0.2, -0.15) is 4.98 Å². The van der Waals surface area contributed by atoms with Gasteiger partial charge in [0.25, 0.3) is 5.91 Å². The van der Waals surface area contributed by atoms with E-state index in [2.05, 4.69) is 22.4 Å². The molecule has 6 heteroatoms. The third-order valence-electron chi connectivity index (χ3n) is 3.14. The Labute approximate surface area is 129 Å². The Bertz CT molecular complexity index is 607. The van der Waals surface area contributed by atoms with Crippen LogP contribution in [0.4, 0.5) is 0 Å². The maximum Gasteiger partial charge on any atom is 0.258 e. The molecule has 22 heavy (non-hydrogen) atoms. The van der Waals surface area contributed by atoms with Crippen molar-refractivity contribution in [2.45, 2.75) is 39.7 Å². The summed E-state index contributed by atoms with van der Waals surface area (Å²) in [4.78, 5) is 15.9. The van der Waals surface area contributed by atoms with Crippen LogP contribution in [0, 0.1) is 6.92 Å². The molecule has 6 nitrogen and oxygen atoms in total. The molecule has 0 bridgehead atoms. The maximum absolute atomic E-state index is 11.7. The number of aryl methyl sites for hydroxylation is 1. The van der Waals surface area contributed by atoms with Crippen LogP contribution < -0.4 is 10.1 Å². The van der Waals surface area contributed by atoms with Gasteiger partial charge in [-0.15, -0.1) is 0 Å². The molecule has 1 amide bonds. The first-order valence-electron chi connectivity index (χ1n) is 7.41. The standard InChI is InChI=1S/C16H21N3O3/c1-4-5-11(2)17-15(20)10-21-14-8-6-13(7-9-14)16-18-12(3)22-19-16/h6-9,11H,4-5,10H2,1-3H3,(H,17,20)/t11-/m1/s1. The van der Waals surface area contributed by atoms with Gasteiger partial charge in [-0.1, -0.05) is 18.5 Å². The molecule has 1 aromatic heterocycles. The molecular formula is C16H21N3O3. The summed E-state index contributed by atoms with van der Waals surface area (Å²) in [6.45, 7) is 5.83. The zero-order valence-corrected chi connectivity index (χ0v) is 13.1. The summed E-state index contributed by atoms with van der Waals surface area (Å²) in [5, 5.41) is 6.74. The Balaban J connectivity index is 1.85. The van der Waals surface area contributed by atoms with Gasteiger partial charge in [0.2, 0.25) is 11.7 Å². The summed E-state index contributed by atoms with van der Waals surface area (Å²) >= 11 is 0. The molecule has 0 spiro atoms. The molecule has 0 aliphatic heterocycles. The molecule has 2 rings (SSSR count). The molecule has 2 aromatic rings. The fraction of sp³-hybridized carbons (Fsp3) is 0.438. The van der Waals surface area contributed by atoms with E-state index in [1.165, 1.54) is 0 Å². The van der Waals surface area contributed by atoms with Crippen LogP contribution in [0.15, 0.2) is 28.8 Å². The topological polar surface area (TPSA) is 77.2 Å². The van der Waals surface area contributed by atoms with Crippen LogP contribution in [0.25, 0.3) is 11.4 Å². The average Bonchev–Trinajstić information content (AvgIpc) is 2.92. The number of nitrogens with zero attached hydrogens (tertiary/aromatic N) is 2. The van der Waals surface area contributed by atoms with Crippen molar-refractivity contribution in [2.24, 2.45) is 0 Å². The molecule has 0 aliphatic rings. The second-order valence-corrected chi connectivity index (χ2v) is 5.21. The van der Waals surface area contributed by atoms with E-state index in [9.17, 15) is 4.79 Å².